The van der Waals surface area contributed by atoms with Crippen LogP contribution >= 0.6 is 23.2 Å². The lowest BCUT2D eigenvalue weighted by Gasteiger charge is -2.08. The molecule has 0 aliphatic carbocycles. The molecule has 1 heterocycles. The van der Waals surface area contributed by atoms with E-state index in [2.05, 4.69) is 9.97 Å². The summed E-state index contributed by atoms with van der Waals surface area (Å²) in [5, 5.41) is 0.960. The summed E-state index contributed by atoms with van der Waals surface area (Å²) in [5.74, 6) is 0.471. The van der Waals surface area contributed by atoms with Gasteiger partial charge in [-0.1, -0.05) is 35.3 Å². The predicted molar refractivity (Wildman–Crippen MR) is 64.0 cm³/mol. The molecule has 0 bridgehead atoms. The van der Waals surface area contributed by atoms with E-state index in [1.165, 1.54) is 6.33 Å². The Labute approximate surface area is 103 Å². The van der Waals surface area contributed by atoms with Crippen LogP contribution in [0.5, 0.6) is 5.88 Å². The van der Waals surface area contributed by atoms with E-state index in [0.29, 0.717) is 15.9 Å². The minimum absolute atomic E-state index is 0.470. The van der Waals surface area contributed by atoms with Crippen LogP contribution in [-0.2, 0) is 0 Å². The van der Waals surface area contributed by atoms with Gasteiger partial charge in [0.25, 0.3) is 0 Å². The first-order chi connectivity index (χ1) is 7.74. The minimum Gasteiger partial charge on any atom is -0.480 e. The van der Waals surface area contributed by atoms with Crippen LogP contribution in [0.4, 0.5) is 0 Å². The Morgan fingerprint density at radius 2 is 2.00 bits per heavy atom. The predicted octanol–water partition coefficient (Wildman–Crippen LogP) is 3.46. The van der Waals surface area contributed by atoms with Gasteiger partial charge in [0.1, 0.15) is 6.33 Å². The van der Waals surface area contributed by atoms with Crippen LogP contribution in [0.25, 0.3) is 11.1 Å². The van der Waals surface area contributed by atoms with Gasteiger partial charge >= 0.3 is 0 Å². The molecule has 0 spiro atoms. The van der Waals surface area contributed by atoms with Gasteiger partial charge in [-0.05, 0) is 6.07 Å². The fourth-order valence-electron chi connectivity index (χ4n) is 1.38. The lowest BCUT2D eigenvalue weighted by atomic mass is 10.1. The average molecular weight is 255 g/mol. The van der Waals surface area contributed by atoms with Crippen molar-refractivity contribution in [3.63, 3.8) is 0 Å². The van der Waals surface area contributed by atoms with Crippen molar-refractivity contribution in [1.82, 2.24) is 9.97 Å². The molecule has 0 radical (unpaired) electrons. The molecule has 2 rings (SSSR count). The summed E-state index contributed by atoms with van der Waals surface area (Å²) in [4.78, 5) is 7.96. The van der Waals surface area contributed by atoms with Gasteiger partial charge in [0.2, 0.25) is 5.88 Å². The van der Waals surface area contributed by atoms with Crippen LogP contribution < -0.4 is 4.74 Å². The molecule has 16 heavy (non-hydrogen) atoms. The Morgan fingerprint density at radius 3 is 2.75 bits per heavy atom. The molecular formula is C11H8Cl2N2O. The average Bonchev–Trinajstić information content (AvgIpc) is 2.33. The SMILES string of the molecule is COc1ncncc1-c1cccc(Cl)c1Cl. The molecule has 0 atom stereocenters. The number of hydrogen-bond acceptors (Lipinski definition) is 3. The number of hydrogen-bond donors (Lipinski definition) is 0. The van der Waals surface area contributed by atoms with E-state index < -0.39 is 0 Å². The molecule has 0 unspecified atom stereocenters. The zero-order valence-electron chi connectivity index (χ0n) is 8.45. The minimum atomic E-state index is 0.470. The number of rotatable bonds is 2. The fraction of sp³-hybridized carbons (Fsp3) is 0.0909. The maximum atomic E-state index is 6.11. The van der Waals surface area contributed by atoms with Crippen LogP contribution in [0.1, 0.15) is 0 Å². The van der Waals surface area contributed by atoms with Gasteiger partial charge in [0.05, 0.1) is 22.7 Å². The van der Waals surface area contributed by atoms with Crippen molar-refractivity contribution in [1.29, 1.82) is 0 Å². The maximum absolute atomic E-state index is 6.11. The fourth-order valence-corrected chi connectivity index (χ4v) is 1.78. The Hall–Kier alpha value is -1.32. The summed E-state index contributed by atoms with van der Waals surface area (Å²) in [5.41, 5.74) is 1.48. The van der Waals surface area contributed by atoms with E-state index >= 15 is 0 Å². The van der Waals surface area contributed by atoms with Crippen LogP contribution in [-0.4, -0.2) is 17.1 Å². The van der Waals surface area contributed by atoms with Crippen molar-refractivity contribution < 1.29 is 4.74 Å². The van der Waals surface area contributed by atoms with Crippen LogP contribution in [0.2, 0.25) is 10.0 Å². The number of methoxy groups -OCH3 is 1. The van der Waals surface area contributed by atoms with E-state index in [4.69, 9.17) is 27.9 Å². The van der Waals surface area contributed by atoms with Crippen molar-refractivity contribution in [2.75, 3.05) is 7.11 Å². The zero-order chi connectivity index (χ0) is 11.5. The highest BCUT2D eigenvalue weighted by atomic mass is 35.5. The third kappa shape index (κ3) is 1.96. The molecule has 0 saturated heterocycles. The van der Waals surface area contributed by atoms with E-state index in [1.54, 1.807) is 19.4 Å². The summed E-state index contributed by atoms with van der Waals surface area (Å²) >= 11 is 12.1. The standard InChI is InChI=1S/C11H8Cl2N2O/c1-16-11-8(5-14-6-15-11)7-3-2-4-9(12)10(7)13/h2-6H,1H3. The summed E-state index contributed by atoms with van der Waals surface area (Å²) in [6.45, 7) is 0. The second kappa shape index (κ2) is 4.68. The van der Waals surface area contributed by atoms with Crippen molar-refractivity contribution in [3.8, 4) is 17.0 Å². The largest absolute Gasteiger partial charge is 0.480 e. The molecule has 2 aromatic rings. The molecular weight excluding hydrogens is 247 g/mol. The zero-order valence-corrected chi connectivity index (χ0v) is 9.96. The molecule has 0 fully saturated rings. The highest BCUT2D eigenvalue weighted by molar-refractivity contribution is 6.43. The van der Waals surface area contributed by atoms with Crippen molar-refractivity contribution >= 4 is 23.2 Å². The molecule has 1 aromatic carbocycles. The van der Waals surface area contributed by atoms with Gasteiger partial charge in [-0.15, -0.1) is 0 Å². The number of nitrogens with zero attached hydrogens (tertiary/aromatic N) is 2. The summed E-state index contributed by atoms with van der Waals surface area (Å²) in [7, 11) is 1.55. The molecule has 5 heteroatoms. The van der Waals surface area contributed by atoms with Gasteiger partial charge in [-0.25, -0.2) is 9.97 Å². The third-order valence-electron chi connectivity index (χ3n) is 2.11. The van der Waals surface area contributed by atoms with E-state index in [1.807, 2.05) is 12.1 Å². The maximum Gasteiger partial charge on any atom is 0.224 e. The van der Waals surface area contributed by atoms with Crippen molar-refractivity contribution in [2.24, 2.45) is 0 Å². The molecule has 0 aliphatic heterocycles. The lowest BCUT2D eigenvalue weighted by Crippen LogP contribution is -1.93. The van der Waals surface area contributed by atoms with Gasteiger partial charge < -0.3 is 4.74 Å². The van der Waals surface area contributed by atoms with Crippen LogP contribution in [0, 0.1) is 0 Å². The Bertz CT molecular complexity index is 517. The molecule has 1 aromatic heterocycles. The number of benzene rings is 1. The molecule has 0 amide bonds. The van der Waals surface area contributed by atoms with E-state index in [-0.39, 0.29) is 0 Å². The molecule has 0 saturated carbocycles. The van der Waals surface area contributed by atoms with Gasteiger partial charge in [0.15, 0.2) is 0 Å². The van der Waals surface area contributed by atoms with E-state index in [0.717, 1.165) is 11.1 Å². The Balaban J connectivity index is 2.63. The van der Waals surface area contributed by atoms with Crippen LogP contribution in [0.15, 0.2) is 30.7 Å². The number of aromatic nitrogens is 2. The highest BCUT2D eigenvalue weighted by Crippen LogP contribution is 2.36. The van der Waals surface area contributed by atoms with Crippen LogP contribution in [0.3, 0.4) is 0 Å². The molecule has 82 valence electrons. The van der Waals surface area contributed by atoms with E-state index in [9.17, 15) is 0 Å². The molecule has 0 N–H and O–H groups in total. The van der Waals surface area contributed by atoms with Gasteiger partial charge in [0, 0.05) is 11.8 Å². The normalized spacial score (nSPS) is 10.2. The smallest absolute Gasteiger partial charge is 0.224 e. The molecule has 3 nitrogen and oxygen atoms in total. The monoisotopic (exact) mass is 254 g/mol. The second-order valence-corrected chi connectivity index (χ2v) is 3.83. The Kier molecular flexibility index (Phi) is 3.27. The van der Waals surface area contributed by atoms with Gasteiger partial charge in [-0.3, -0.25) is 0 Å². The van der Waals surface area contributed by atoms with Crippen molar-refractivity contribution in [3.05, 3.63) is 40.8 Å². The first-order valence-electron chi connectivity index (χ1n) is 4.52. The molecule has 0 aliphatic rings. The Morgan fingerprint density at radius 1 is 1.19 bits per heavy atom. The summed E-state index contributed by atoms with van der Waals surface area (Å²) in [6, 6.07) is 5.38. The lowest BCUT2D eigenvalue weighted by molar-refractivity contribution is 0.398. The second-order valence-electron chi connectivity index (χ2n) is 3.05. The topological polar surface area (TPSA) is 35.0 Å². The first kappa shape index (κ1) is 11.2. The van der Waals surface area contributed by atoms with Gasteiger partial charge in [-0.2, -0.15) is 0 Å². The summed E-state index contributed by atoms with van der Waals surface area (Å²) < 4.78 is 5.14. The quantitative estimate of drug-likeness (QED) is 0.824. The number of halogens is 2. The van der Waals surface area contributed by atoms with Crippen molar-refractivity contribution in [2.45, 2.75) is 0 Å². The highest BCUT2D eigenvalue weighted by Gasteiger charge is 2.12. The third-order valence-corrected chi connectivity index (χ3v) is 2.93. The first-order valence-corrected chi connectivity index (χ1v) is 5.28. The summed E-state index contributed by atoms with van der Waals surface area (Å²) in [6.07, 6.45) is 3.06. The number of ether oxygens (including phenoxy) is 1.